The second kappa shape index (κ2) is 8.17. The Labute approximate surface area is 135 Å². The number of carbonyl (C=O) groups is 2. The minimum atomic E-state index is -1.04. The summed E-state index contributed by atoms with van der Waals surface area (Å²) in [5.41, 5.74) is 0. The van der Waals surface area contributed by atoms with Gasteiger partial charge in [-0.25, -0.2) is 4.79 Å². The average Bonchev–Trinajstić information content (AvgIpc) is 2.50. The van der Waals surface area contributed by atoms with Crippen molar-refractivity contribution in [2.24, 2.45) is 0 Å². The third-order valence-electron chi connectivity index (χ3n) is 3.53. The highest BCUT2D eigenvalue weighted by Gasteiger charge is 2.17. The van der Waals surface area contributed by atoms with Gasteiger partial charge < -0.3 is 9.94 Å². The zero-order valence-electron chi connectivity index (χ0n) is 13.2. The maximum absolute atomic E-state index is 12.3. The molecule has 0 radical (unpaired) electrons. The van der Waals surface area contributed by atoms with E-state index in [1.54, 1.807) is 0 Å². The molecule has 0 unspecified atom stereocenters. The van der Waals surface area contributed by atoms with Crippen molar-refractivity contribution in [2.45, 2.75) is 32.6 Å². The lowest BCUT2D eigenvalue weighted by atomic mass is 10.1. The first kappa shape index (κ1) is 16.8. The molecular weight excluding hydrogens is 294 g/mol. The molecule has 0 spiro atoms. The van der Waals surface area contributed by atoms with E-state index in [4.69, 9.17) is 9.94 Å². The van der Waals surface area contributed by atoms with Crippen LogP contribution in [-0.4, -0.2) is 28.6 Å². The largest absolute Gasteiger partial charge is 0.478 e. The molecule has 0 aromatic heterocycles. The molecule has 1 N–H and O–H groups in total. The smallest absolute Gasteiger partial charge is 0.328 e. The van der Waals surface area contributed by atoms with Crippen LogP contribution in [0.5, 0.6) is 0 Å². The number of amides is 1. The summed E-state index contributed by atoms with van der Waals surface area (Å²) in [7, 11) is 0. The maximum Gasteiger partial charge on any atom is 0.328 e. The van der Waals surface area contributed by atoms with Crippen molar-refractivity contribution in [1.29, 1.82) is 0 Å². The number of hydrogen-bond donors (Lipinski definition) is 1. The third-order valence-corrected chi connectivity index (χ3v) is 3.53. The topological polar surface area (TPSA) is 66.8 Å². The van der Waals surface area contributed by atoms with Crippen molar-refractivity contribution in [1.82, 2.24) is 5.06 Å². The van der Waals surface area contributed by atoms with E-state index < -0.39 is 5.97 Å². The number of hydroxylamine groups is 2. The highest BCUT2D eigenvalue weighted by molar-refractivity contribution is 5.81. The molecule has 0 aliphatic heterocycles. The predicted octanol–water partition coefficient (Wildman–Crippen LogP) is 1.57. The first-order chi connectivity index (χ1) is 11.1. The third kappa shape index (κ3) is 4.71. The van der Waals surface area contributed by atoms with E-state index in [-0.39, 0.29) is 12.5 Å². The standard InChI is InChI=1S/C18H21NO4/c1-2-3-4-10-17(20)19(12-7-11-18(21)22)23-16-13-14-8-5-6-9-15(14)16/h5-9,11,13H,2-4,10,12H2,1H3,(H,21,22). The molecule has 0 fully saturated rings. The lowest BCUT2D eigenvalue weighted by Gasteiger charge is -2.23. The Morgan fingerprint density at radius 3 is 2.74 bits per heavy atom. The number of hydrogen-bond acceptors (Lipinski definition) is 3. The predicted molar refractivity (Wildman–Crippen MR) is 87.3 cm³/mol. The number of aliphatic carboxylic acids is 1. The molecule has 0 saturated heterocycles. The van der Waals surface area contributed by atoms with Crippen molar-refractivity contribution in [3.8, 4) is 0 Å². The van der Waals surface area contributed by atoms with Gasteiger partial charge in [0, 0.05) is 17.7 Å². The van der Waals surface area contributed by atoms with Gasteiger partial charge in [-0.15, -0.1) is 0 Å². The second-order valence-corrected chi connectivity index (χ2v) is 5.34. The van der Waals surface area contributed by atoms with Crippen molar-refractivity contribution >= 4 is 23.7 Å². The summed E-state index contributed by atoms with van der Waals surface area (Å²) in [4.78, 5) is 28.5. The monoisotopic (exact) mass is 315 g/mol. The second-order valence-electron chi connectivity index (χ2n) is 5.34. The number of carboxylic acid groups (broad SMARTS) is 1. The lowest BCUT2D eigenvalue weighted by Crippen LogP contribution is -2.39. The fourth-order valence-corrected chi connectivity index (χ4v) is 2.27. The van der Waals surface area contributed by atoms with Gasteiger partial charge in [-0.3, -0.25) is 4.79 Å². The Bertz CT molecular complexity index is 721. The zero-order chi connectivity index (χ0) is 16.7. The van der Waals surface area contributed by atoms with Crippen LogP contribution in [0.15, 0.2) is 36.4 Å². The van der Waals surface area contributed by atoms with Crippen LogP contribution >= 0.6 is 0 Å². The molecule has 23 heavy (non-hydrogen) atoms. The number of benzene rings is 1. The molecule has 1 amide bonds. The molecule has 1 aromatic rings. The highest BCUT2D eigenvalue weighted by Crippen LogP contribution is 2.11. The Kier molecular flexibility index (Phi) is 5.97. The summed E-state index contributed by atoms with van der Waals surface area (Å²) in [6.45, 7) is 2.18. The van der Waals surface area contributed by atoms with E-state index in [2.05, 4.69) is 6.92 Å². The number of nitrogens with zero attached hydrogens (tertiary/aromatic N) is 1. The van der Waals surface area contributed by atoms with Gasteiger partial charge >= 0.3 is 5.97 Å². The fourth-order valence-electron chi connectivity index (χ4n) is 2.27. The van der Waals surface area contributed by atoms with E-state index >= 15 is 0 Å². The van der Waals surface area contributed by atoms with Gasteiger partial charge in [0.1, 0.15) is 0 Å². The molecule has 0 heterocycles. The van der Waals surface area contributed by atoms with Gasteiger partial charge in [-0.05, 0) is 17.7 Å². The van der Waals surface area contributed by atoms with Crippen molar-refractivity contribution < 1.29 is 19.5 Å². The van der Waals surface area contributed by atoms with Crippen LogP contribution in [-0.2, 0) is 14.4 Å². The first-order valence-corrected chi connectivity index (χ1v) is 7.80. The fraction of sp³-hybridized carbons (Fsp3) is 0.333. The summed E-state index contributed by atoms with van der Waals surface area (Å²) in [5, 5.41) is 11.9. The van der Waals surface area contributed by atoms with Crippen molar-refractivity contribution in [2.75, 3.05) is 6.54 Å². The van der Waals surface area contributed by atoms with Crippen LogP contribution in [0, 0.1) is 0 Å². The number of fused-ring (bicyclic) bond motifs is 1. The van der Waals surface area contributed by atoms with Crippen LogP contribution < -0.4 is 10.4 Å². The molecule has 1 aliphatic carbocycles. The van der Waals surface area contributed by atoms with E-state index in [1.165, 1.54) is 11.1 Å². The van der Waals surface area contributed by atoms with Crippen LogP contribution in [0.2, 0.25) is 0 Å². The highest BCUT2D eigenvalue weighted by atomic mass is 16.7. The molecule has 1 aromatic carbocycles. The molecular formula is C18H21NO4. The normalized spacial score (nSPS) is 12.3. The molecule has 0 atom stereocenters. The summed E-state index contributed by atoms with van der Waals surface area (Å²) in [5.74, 6) is -0.552. The Hall–Kier alpha value is -2.56. The van der Waals surface area contributed by atoms with Crippen molar-refractivity contribution in [3.05, 3.63) is 46.9 Å². The summed E-state index contributed by atoms with van der Waals surface area (Å²) < 4.78 is 0. The Balaban J connectivity index is 2.05. The minimum absolute atomic E-state index is 0.108. The molecule has 1 aliphatic rings. The molecule has 0 bridgehead atoms. The Morgan fingerprint density at radius 1 is 1.26 bits per heavy atom. The van der Waals surface area contributed by atoms with E-state index in [0.717, 1.165) is 35.8 Å². The van der Waals surface area contributed by atoms with Crippen LogP contribution in [0.3, 0.4) is 0 Å². The SMILES string of the molecule is CCCCCC(=O)N(CC=CC(=O)O)OC1=c2ccccc2=C1. The van der Waals surface area contributed by atoms with Crippen LogP contribution in [0.4, 0.5) is 0 Å². The Morgan fingerprint density at radius 2 is 2.04 bits per heavy atom. The van der Waals surface area contributed by atoms with Gasteiger partial charge in [0.05, 0.1) is 6.54 Å². The average molecular weight is 315 g/mol. The molecule has 122 valence electrons. The first-order valence-electron chi connectivity index (χ1n) is 7.80. The number of rotatable bonds is 9. The summed E-state index contributed by atoms with van der Waals surface area (Å²) in [6.07, 6.45) is 7.49. The van der Waals surface area contributed by atoms with E-state index in [1.807, 2.05) is 30.3 Å². The number of unbranched alkanes of at least 4 members (excludes halogenated alkanes) is 2. The van der Waals surface area contributed by atoms with Crippen molar-refractivity contribution in [3.63, 3.8) is 0 Å². The molecule has 5 heteroatoms. The lowest BCUT2D eigenvalue weighted by molar-refractivity contribution is -0.161. The molecule has 0 saturated carbocycles. The maximum atomic E-state index is 12.3. The molecule has 2 rings (SSSR count). The minimum Gasteiger partial charge on any atom is -0.478 e. The quantitative estimate of drug-likeness (QED) is 0.427. The number of carbonyl (C=O) groups excluding carboxylic acids is 1. The van der Waals surface area contributed by atoms with Gasteiger partial charge in [0.15, 0.2) is 5.76 Å². The number of carboxylic acids is 1. The summed E-state index contributed by atoms with van der Waals surface area (Å²) in [6, 6.07) is 7.75. The van der Waals surface area contributed by atoms with Gasteiger partial charge in [0.25, 0.3) is 5.91 Å². The zero-order valence-corrected chi connectivity index (χ0v) is 13.2. The summed E-state index contributed by atoms with van der Waals surface area (Å²) >= 11 is 0. The molecule has 5 nitrogen and oxygen atoms in total. The van der Waals surface area contributed by atoms with E-state index in [0.29, 0.717) is 12.2 Å². The van der Waals surface area contributed by atoms with Crippen LogP contribution in [0.25, 0.3) is 11.8 Å². The van der Waals surface area contributed by atoms with Gasteiger partial charge in [-0.1, -0.05) is 50.1 Å². The van der Waals surface area contributed by atoms with Crippen LogP contribution in [0.1, 0.15) is 32.6 Å². The van der Waals surface area contributed by atoms with Gasteiger partial charge in [-0.2, -0.15) is 5.06 Å². The van der Waals surface area contributed by atoms with E-state index in [9.17, 15) is 9.59 Å². The van der Waals surface area contributed by atoms with Gasteiger partial charge in [0.2, 0.25) is 0 Å².